The molecule has 1 aromatic rings. The molecular weight excluding hydrogens is 274 g/mol. The summed E-state index contributed by atoms with van der Waals surface area (Å²) in [7, 11) is 0. The molecule has 116 valence electrons. The van der Waals surface area contributed by atoms with Gasteiger partial charge in [-0.1, -0.05) is 12.1 Å². The molecule has 3 saturated heterocycles. The van der Waals surface area contributed by atoms with Crippen molar-refractivity contribution in [1.82, 2.24) is 10.2 Å². The Hall–Kier alpha value is -1.20. The molecule has 4 rings (SSSR count). The molecule has 5 heteroatoms. The third-order valence-corrected chi connectivity index (χ3v) is 4.70. The molecule has 21 heavy (non-hydrogen) atoms. The van der Waals surface area contributed by atoms with Crippen LogP contribution in [-0.4, -0.2) is 37.2 Å². The van der Waals surface area contributed by atoms with Gasteiger partial charge in [-0.05, 0) is 56.5 Å². The second kappa shape index (κ2) is 6.28. The van der Waals surface area contributed by atoms with Gasteiger partial charge in [0.1, 0.15) is 5.75 Å². The van der Waals surface area contributed by atoms with Gasteiger partial charge < -0.3 is 15.0 Å². The zero-order valence-electron chi connectivity index (χ0n) is 12.3. The van der Waals surface area contributed by atoms with E-state index in [1.54, 1.807) is 18.2 Å². The second-order valence-electron chi connectivity index (χ2n) is 6.08. The van der Waals surface area contributed by atoms with Crippen LogP contribution >= 0.6 is 0 Å². The normalized spacial score (nSPS) is 29.6. The first-order valence-electron chi connectivity index (χ1n) is 7.65. The Kier molecular flexibility index (Phi) is 4.40. The lowest BCUT2D eigenvalue weighted by molar-refractivity contribution is -0.0499. The highest BCUT2D eigenvalue weighted by Crippen LogP contribution is 2.29. The van der Waals surface area contributed by atoms with Gasteiger partial charge in [-0.3, -0.25) is 0 Å². The third kappa shape index (κ3) is 3.52. The van der Waals surface area contributed by atoms with Crippen molar-refractivity contribution < 1.29 is 13.5 Å². The summed E-state index contributed by atoms with van der Waals surface area (Å²) in [5.74, 6) is 0.975. The van der Waals surface area contributed by atoms with E-state index in [0.29, 0.717) is 6.04 Å². The zero-order valence-corrected chi connectivity index (χ0v) is 12.3. The lowest BCUT2D eigenvalue weighted by Gasteiger charge is -2.46. The van der Waals surface area contributed by atoms with E-state index in [1.165, 1.54) is 25.9 Å². The smallest absolute Gasteiger partial charge is 0.387 e. The zero-order chi connectivity index (χ0) is 14.8. The van der Waals surface area contributed by atoms with Crippen LogP contribution in [0, 0.1) is 5.92 Å². The van der Waals surface area contributed by atoms with Gasteiger partial charge in [0.15, 0.2) is 0 Å². The first kappa shape index (κ1) is 14.7. The number of fused-ring (bicyclic) bond motifs is 3. The maximum atomic E-state index is 12.3. The Morgan fingerprint density at radius 1 is 1.29 bits per heavy atom. The Morgan fingerprint density at radius 3 is 2.67 bits per heavy atom. The first-order chi connectivity index (χ1) is 10.1. The molecule has 0 amide bonds. The van der Waals surface area contributed by atoms with Gasteiger partial charge in [-0.15, -0.1) is 0 Å². The van der Waals surface area contributed by atoms with Gasteiger partial charge in [0.25, 0.3) is 0 Å². The molecule has 0 aliphatic carbocycles. The van der Waals surface area contributed by atoms with Gasteiger partial charge in [-0.2, -0.15) is 8.78 Å². The minimum atomic E-state index is -2.77. The molecule has 3 heterocycles. The number of nitrogens with zero attached hydrogens (tertiary/aromatic N) is 1. The molecule has 0 aromatic heterocycles. The second-order valence-corrected chi connectivity index (χ2v) is 6.08. The Morgan fingerprint density at radius 2 is 2.05 bits per heavy atom. The fourth-order valence-electron chi connectivity index (χ4n) is 3.53. The van der Waals surface area contributed by atoms with Crippen molar-refractivity contribution in [2.45, 2.75) is 38.5 Å². The molecule has 2 unspecified atom stereocenters. The number of rotatable bonds is 5. The number of ether oxygens (including phenoxy) is 1. The molecular formula is C16H22F2N2O. The van der Waals surface area contributed by atoms with Gasteiger partial charge in [-0.25, -0.2) is 0 Å². The van der Waals surface area contributed by atoms with Crippen LogP contribution in [0.2, 0.25) is 0 Å². The molecule has 3 fully saturated rings. The highest BCUT2D eigenvalue weighted by atomic mass is 19.3. The van der Waals surface area contributed by atoms with E-state index in [-0.39, 0.29) is 11.8 Å². The van der Waals surface area contributed by atoms with Crippen molar-refractivity contribution in [3.63, 3.8) is 0 Å². The summed E-state index contributed by atoms with van der Waals surface area (Å²) in [6, 6.07) is 7.62. The molecule has 1 N–H and O–H groups in total. The maximum Gasteiger partial charge on any atom is 0.387 e. The van der Waals surface area contributed by atoms with Gasteiger partial charge in [0, 0.05) is 18.6 Å². The van der Waals surface area contributed by atoms with Crippen molar-refractivity contribution >= 4 is 0 Å². The molecule has 0 saturated carbocycles. The lowest BCUT2D eigenvalue weighted by Crippen LogP contribution is -2.56. The number of nitrogens with one attached hydrogen (secondary N) is 1. The largest absolute Gasteiger partial charge is 0.435 e. The molecule has 3 aliphatic rings. The van der Waals surface area contributed by atoms with Crippen LogP contribution in [0.4, 0.5) is 8.78 Å². The summed E-state index contributed by atoms with van der Waals surface area (Å²) in [5, 5.41) is 3.66. The standard InChI is InChI=1S/C16H22F2N2O/c1-11(13-3-2-4-14(9-13)21-16(17)18)19-15-10-20-7-5-12(15)6-8-20/h2-4,9,11-12,15-16,19H,5-8,10H2,1H3. The Balaban J connectivity index is 1.63. The van der Waals surface area contributed by atoms with E-state index in [4.69, 9.17) is 0 Å². The molecule has 3 aliphatic heterocycles. The van der Waals surface area contributed by atoms with Gasteiger partial charge >= 0.3 is 6.61 Å². The molecule has 1 aromatic carbocycles. The number of piperidine rings is 3. The SMILES string of the molecule is CC(NC1CN2CCC1CC2)c1cccc(OC(F)F)c1. The van der Waals surface area contributed by atoms with Crippen molar-refractivity contribution in [2.24, 2.45) is 5.92 Å². The minimum absolute atomic E-state index is 0.136. The maximum absolute atomic E-state index is 12.3. The van der Waals surface area contributed by atoms with Crippen LogP contribution in [0.1, 0.15) is 31.4 Å². The Labute approximate surface area is 124 Å². The number of benzene rings is 1. The van der Waals surface area contributed by atoms with Gasteiger partial charge in [0.2, 0.25) is 0 Å². The lowest BCUT2D eigenvalue weighted by atomic mass is 9.83. The fourth-order valence-corrected chi connectivity index (χ4v) is 3.53. The van der Waals surface area contributed by atoms with Crippen LogP contribution in [-0.2, 0) is 0 Å². The molecule has 2 atom stereocenters. The van der Waals surface area contributed by atoms with Crippen molar-refractivity contribution in [1.29, 1.82) is 0 Å². The highest BCUT2D eigenvalue weighted by Gasteiger charge is 2.34. The van der Waals surface area contributed by atoms with Gasteiger partial charge in [0.05, 0.1) is 0 Å². The third-order valence-electron chi connectivity index (χ3n) is 4.70. The minimum Gasteiger partial charge on any atom is -0.435 e. The van der Waals surface area contributed by atoms with E-state index in [9.17, 15) is 8.78 Å². The summed E-state index contributed by atoms with van der Waals surface area (Å²) in [4.78, 5) is 2.50. The predicted molar refractivity (Wildman–Crippen MR) is 77.6 cm³/mol. The average Bonchev–Trinajstić information content (AvgIpc) is 2.48. The van der Waals surface area contributed by atoms with E-state index >= 15 is 0 Å². The van der Waals surface area contributed by atoms with E-state index in [2.05, 4.69) is 21.9 Å². The highest BCUT2D eigenvalue weighted by molar-refractivity contribution is 5.30. The van der Waals surface area contributed by atoms with E-state index in [1.807, 2.05) is 6.07 Å². The van der Waals surface area contributed by atoms with Crippen LogP contribution < -0.4 is 10.1 Å². The summed E-state index contributed by atoms with van der Waals surface area (Å²) >= 11 is 0. The molecule has 0 spiro atoms. The van der Waals surface area contributed by atoms with Crippen LogP contribution in [0.25, 0.3) is 0 Å². The first-order valence-corrected chi connectivity index (χ1v) is 7.65. The fraction of sp³-hybridized carbons (Fsp3) is 0.625. The van der Waals surface area contributed by atoms with Crippen molar-refractivity contribution in [2.75, 3.05) is 19.6 Å². The summed E-state index contributed by atoms with van der Waals surface area (Å²) < 4.78 is 29.0. The summed E-state index contributed by atoms with van der Waals surface area (Å²) in [5.41, 5.74) is 0.990. The monoisotopic (exact) mass is 296 g/mol. The quantitative estimate of drug-likeness (QED) is 0.904. The van der Waals surface area contributed by atoms with Crippen LogP contribution in [0.3, 0.4) is 0 Å². The molecule has 0 radical (unpaired) electrons. The number of halogens is 2. The van der Waals surface area contributed by atoms with Crippen LogP contribution in [0.15, 0.2) is 24.3 Å². The summed E-state index contributed by atoms with van der Waals surface area (Å²) in [6.07, 6.45) is 2.53. The van der Waals surface area contributed by atoms with Crippen LogP contribution in [0.5, 0.6) is 5.75 Å². The Bertz CT molecular complexity index is 475. The molecule has 3 nitrogen and oxygen atoms in total. The number of hydrogen-bond acceptors (Lipinski definition) is 3. The topological polar surface area (TPSA) is 24.5 Å². The van der Waals surface area contributed by atoms with E-state index < -0.39 is 6.61 Å². The number of hydrogen-bond donors (Lipinski definition) is 1. The van der Waals surface area contributed by atoms with Crippen molar-refractivity contribution in [3.8, 4) is 5.75 Å². The molecule has 2 bridgehead atoms. The van der Waals surface area contributed by atoms with E-state index in [0.717, 1.165) is 18.0 Å². The predicted octanol–water partition coefficient (Wildman–Crippen LogP) is 3.03. The van der Waals surface area contributed by atoms with Crippen molar-refractivity contribution in [3.05, 3.63) is 29.8 Å². The number of alkyl halides is 2. The average molecular weight is 296 g/mol. The summed E-state index contributed by atoms with van der Waals surface area (Å²) in [6.45, 7) is 2.84.